The van der Waals surface area contributed by atoms with Gasteiger partial charge in [0, 0.05) is 17.7 Å². The van der Waals surface area contributed by atoms with Crippen molar-refractivity contribution in [2.45, 2.75) is 13.0 Å². The molecular formula is C15H13F2NO2. The van der Waals surface area contributed by atoms with Crippen molar-refractivity contribution >= 4 is 12.0 Å². The summed E-state index contributed by atoms with van der Waals surface area (Å²) in [6.07, 6.45) is 4.29. The van der Waals surface area contributed by atoms with Crippen LogP contribution < -0.4 is 5.32 Å². The summed E-state index contributed by atoms with van der Waals surface area (Å²) in [5, 5.41) is 2.59. The van der Waals surface area contributed by atoms with Gasteiger partial charge in [-0.1, -0.05) is 6.07 Å². The molecule has 0 saturated heterocycles. The van der Waals surface area contributed by atoms with Gasteiger partial charge in [-0.2, -0.15) is 0 Å². The van der Waals surface area contributed by atoms with E-state index in [0.717, 1.165) is 12.1 Å². The Labute approximate surface area is 114 Å². The Morgan fingerprint density at radius 1 is 1.35 bits per heavy atom. The number of carbonyl (C=O) groups excluding carboxylic acids is 1. The molecule has 0 aliphatic rings. The van der Waals surface area contributed by atoms with Crippen molar-refractivity contribution in [3.05, 3.63) is 65.6 Å². The first-order chi connectivity index (χ1) is 9.56. The van der Waals surface area contributed by atoms with Crippen LogP contribution in [-0.2, 0) is 4.79 Å². The van der Waals surface area contributed by atoms with Gasteiger partial charge < -0.3 is 9.73 Å². The fraction of sp³-hybridized carbons (Fsp3) is 0.133. The van der Waals surface area contributed by atoms with Gasteiger partial charge in [0.05, 0.1) is 12.3 Å². The van der Waals surface area contributed by atoms with Gasteiger partial charge in [0.2, 0.25) is 5.91 Å². The maximum absolute atomic E-state index is 13.5. The first-order valence-electron chi connectivity index (χ1n) is 6.03. The van der Waals surface area contributed by atoms with E-state index < -0.39 is 23.6 Å². The third-order valence-electron chi connectivity index (χ3n) is 2.73. The fourth-order valence-corrected chi connectivity index (χ4v) is 1.74. The second-order valence-electron chi connectivity index (χ2n) is 4.24. The maximum atomic E-state index is 13.5. The average Bonchev–Trinajstić information content (AvgIpc) is 2.89. The SMILES string of the molecule is C[C@H](NC(=O)/C=C/c1ccco1)c1ccc(F)cc1F. The molecule has 0 unspecified atom stereocenters. The zero-order valence-electron chi connectivity index (χ0n) is 10.8. The van der Waals surface area contributed by atoms with E-state index >= 15 is 0 Å². The van der Waals surface area contributed by atoms with E-state index in [1.54, 1.807) is 19.1 Å². The molecule has 20 heavy (non-hydrogen) atoms. The average molecular weight is 277 g/mol. The summed E-state index contributed by atoms with van der Waals surface area (Å²) >= 11 is 0. The smallest absolute Gasteiger partial charge is 0.244 e. The molecule has 3 nitrogen and oxygen atoms in total. The predicted octanol–water partition coefficient (Wildman–Crippen LogP) is 3.45. The molecule has 2 aromatic rings. The highest BCUT2D eigenvalue weighted by Crippen LogP contribution is 2.17. The van der Waals surface area contributed by atoms with E-state index in [9.17, 15) is 13.6 Å². The van der Waals surface area contributed by atoms with Crippen molar-refractivity contribution in [3.8, 4) is 0 Å². The Bertz CT molecular complexity index is 621. The predicted molar refractivity (Wildman–Crippen MR) is 70.7 cm³/mol. The van der Waals surface area contributed by atoms with Crippen molar-refractivity contribution in [2.75, 3.05) is 0 Å². The third kappa shape index (κ3) is 3.54. The lowest BCUT2D eigenvalue weighted by Gasteiger charge is -2.13. The van der Waals surface area contributed by atoms with Crippen LogP contribution in [0.3, 0.4) is 0 Å². The first kappa shape index (κ1) is 14.0. The summed E-state index contributed by atoms with van der Waals surface area (Å²) in [5.41, 5.74) is 0.228. The van der Waals surface area contributed by atoms with Crippen LogP contribution in [0.2, 0.25) is 0 Å². The van der Waals surface area contributed by atoms with Gasteiger partial charge >= 0.3 is 0 Å². The van der Waals surface area contributed by atoms with Crippen molar-refractivity contribution in [3.63, 3.8) is 0 Å². The van der Waals surface area contributed by atoms with Gasteiger partial charge in [0.15, 0.2) is 0 Å². The normalized spacial score (nSPS) is 12.6. The molecule has 1 N–H and O–H groups in total. The van der Waals surface area contributed by atoms with Gasteiger partial charge in [-0.3, -0.25) is 4.79 Å². The zero-order valence-corrected chi connectivity index (χ0v) is 10.8. The van der Waals surface area contributed by atoms with E-state index in [4.69, 9.17) is 4.42 Å². The molecule has 104 valence electrons. The molecule has 0 saturated carbocycles. The Hall–Kier alpha value is -2.43. The molecule has 0 fully saturated rings. The van der Waals surface area contributed by atoms with Crippen LogP contribution in [0.5, 0.6) is 0 Å². The summed E-state index contributed by atoms with van der Waals surface area (Å²) < 4.78 is 31.4. The summed E-state index contributed by atoms with van der Waals surface area (Å²) in [5.74, 6) is -1.19. The molecule has 1 amide bonds. The highest BCUT2D eigenvalue weighted by Gasteiger charge is 2.12. The van der Waals surface area contributed by atoms with Gasteiger partial charge in [-0.25, -0.2) is 8.78 Å². The number of nitrogens with one attached hydrogen (secondary N) is 1. The second kappa shape index (κ2) is 6.14. The van der Waals surface area contributed by atoms with Crippen molar-refractivity contribution in [2.24, 2.45) is 0 Å². The number of rotatable bonds is 4. The molecule has 0 radical (unpaired) electrons. The van der Waals surface area contributed by atoms with E-state index in [1.807, 2.05) is 0 Å². The summed E-state index contributed by atoms with van der Waals surface area (Å²) in [4.78, 5) is 11.7. The number of hydrogen-bond acceptors (Lipinski definition) is 2. The topological polar surface area (TPSA) is 42.2 Å². The van der Waals surface area contributed by atoms with Gasteiger partial charge in [-0.15, -0.1) is 0 Å². The number of furan rings is 1. The van der Waals surface area contributed by atoms with Gasteiger partial charge in [0.25, 0.3) is 0 Å². The summed E-state index contributed by atoms with van der Waals surface area (Å²) in [7, 11) is 0. The standard InChI is InChI=1S/C15H13F2NO2/c1-10(13-6-4-11(16)9-14(13)17)18-15(19)7-5-12-3-2-8-20-12/h2-10H,1H3,(H,18,19)/b7-5+/t10-/m0/s1. The summed E-state index contributed by atoms with van der Waals surface area (Å²) in [6.45, 7) is 1.62. The Morgan fingerprint density at radius 2 is 2.15 bits per heavy atom. The van der Waals surface area contributed by atoms with E-state index in [2.05, 4.69) is 5.32 Å². The molecule has 0 aliphatic heterocycles. The van der Waals surface area contributed by atoms with E-state index in [1.165, 1.54) is 24.5 Å². The van der Waals surface area contributed by atoms with Crippen molar-refractivity contribution in [1.29, 1.82) is 0 Å². The minimum atomic E-state index is -0.687. The largest absolute Gasteiger partial charge is 0.465 e. The van der Waals surface area contributed by atoms with E-state index in [0.29, 0.717) is 5.76 Å². The van der Waals surface area contributed by atoms with E-state index in [-0.39, 0.29) is 5.56 Å². The first-order valence-corrected chi connectivity index (χ1v) is 6.03. The fourth-order valence-electron chi connectivity index (χ4n) is 1.74. The molecule has 5 heteroatoms. The maximum Gasteiger partial charge on any atom is 0.244 e. The minimum Gasteiger partial charge on any atom is -0.465 e. The van der Waals surface area contributed by atoms with Crippen LogP contribution in [0.25, 0.3) is 6.08 Å². The molecule has 2 rings (SSSR count). The van der Waals surface area contributed by atoms with Gasteiger partial charge in [-0.05, 0) is 31.2 Å². The molecule has 0 bridgehead atoms. The van der Waals surface area contributed by atoms with Gasteiger partial charge in [0.1, 0.15) is 17.4 Å². The number of hydrogen-bond donors (Lipinski definition) is 1. The number of amides is 1. The second-order valence-corrected chi connectivity index (χ2v) is 4.24. The Kier molecular flexibility index (Phi) is 4.30. The molecule has 0 spiro atoms. The van der Waals surface area contributed by atoms with Crippen molar-refractivity contribution < 1.29 is 18.0 Å². The number of benzene rings is 1. The Morgan fingerprint density at radius 3 is 2.80 bits per heavy atom. The highest BCUT2D eigenvalue weighted by atomic mass is 19.1. The monoisotopic (exact) mass is 277 g/mol. The lowest BCUT2D eigenvalue weighted by molar-refractivity contribution is -0.117. The zero-order chi connectivity index (χ0) is 14.5. The molecule has 1 atom stereocenters. The number of halogens is 2. The molecule has 1 aromatic carbocycles. The van der Waals surface area contributed by atoms with Crippen LogP contribution in [0.15, 0.2) is 47.1 Å². The quantitative estimate of drug-likeness (QED) is 0.870. The molecular weight excluding hydrogens is 264 g/mol. The lowest BCUT2D eigenvalue weighted by atomic mass is 10.1. The van der Waals surface area contributed by atoms with Crippen LogP contribution in [-0.4, -0.2) is 5.91 Å². The van der Waals surface area contributed by atoms with Crippen LogP contribution in [0.4, 0.5) is 8.78 Å². The Balaban J connectivity index is 2.00. The number of carbonyl (C=O) groups is 1. The summed E-state index contributed by atoms with van der Waals surface area (Å²) in [6, 6.07) is 6.09. The molecule has 0 aliphatic carbocycles. The molecule has 1 heterocycles. The highest BCUT2D eigenvalue weighted by molar-refractivity contribution is 5.91. The van der Waals surface area contributed by atoms with Crippen molar-refractivity contribution in [1.82, 2.24) is 5.32 Å². The third-order valence-corrected chi connectivity index (χ3v) is 2.73. The van der Waals surface area contributed by atoms with Crippen LogP contribution >= 0.6 is 0 Å². The lowest BCUT2D eigenvalue weighted by Crippen LogP contribution is -2.25. The van der Waals surface area contributed by atoms with Crippen LogP contribution in [0, 0.1) is 11.6 Å². The molecule has 1 aromatic heterocycles. The van der Waals surface area contributed by atoms with Crippen LogP contribution in [0.1, 0.15) is 24.3 Å². The minimum absolute atomic E-state index is 0.228.